The molecule has 2 aliphatic heterocycles. The largest absolute Gasteiger partial charge is 0.316 e. The standard InChI is InChI=1S/C16H22N2O/c1-18-15-10-12(9-13-3-2-8-17-11-13)4-5-14(15)6-7-16(18)19/h4-5,10,13,17H,2-3,6-9,11H2,1H3. The van der Waals surface area contributed by atoms with Gasteiger partial charge in [-0.05, 0) is 61.9 Å². The summed E-state index contributed by atoms with van der Waals surface area (Å²) in [4.78, 5) is 13.6. The minimum atomic E-state index is 0.240. The highest BCUT2D eigenvalue weighted by Crippen LogP contribution is 2.29. The number of piperidine rings is 1. The average molecular weight is 258 g/mol. The average Bonchev–Trinajstić information content (AvgIpc) is 2.45. The minimum absolute atomic E-state index is 0.240. The molecule has 2 heterocycles. The second kappa shape index (κ2) is 5.33. The highest BCUT2D eigenvalue weighted by Gasteiger charge is 2.21. The van der Waals surface area contributed by atoms with E-state index in [9.17, 15) is 4.79 Å². The molecule has 1 saturated heterocycles. The van der Waals surface area contributed by atoms with Crippen LogP contribution in [-0.2, 0) is 17.6 Å². The van der Waals surface area contributed by atoms with Crippen LogP contribution in [0.15, 0.2) is 18.2 Å². The molecule has 3 heteroatoms. The molecule has 2 aliphatic rings. The van der Waals surface area contributed by atoms with E-state index in [0.717, 1.165) is 37.5 Å². The molecule has 0 spiro atoms. The molecule has 1 aromatic carbocycles. The molecule has 102 valence electrons. The third-order valence-corrected chi connectivity index (χ3v) is 4.42. The minimum Gasteiger partial charge on any atom is -0.316 e. The van der Waals surface area contributed by atoms with Gasteiger partial charge in [0, 0.05) is 19.2 Å². The molecular formula is C16H22N2O. The number of aryl methyl sites for hydroxylation is 1. The Labute approximate surface area is 115 Å². The first-order valence-electron chi connectivity index (χ1n) is 7.33. The number of carbonyl (C=O) groups excluding carboxylic acids is 1. The first-order valence-corrected chi connectivity index (χ1v) is 7.33. The summed E-state index contributed by atoms with van der Waals surface area (Å²) >= 11 is 0. The quantitative estimate of drug-likeness (QED) is 0.881. The van der Waals surface area contributed by atoms with Crippen LogP contribution in [0.2, 0.25) is 0 Å². The van der Waals surface area contributed by atoms with Crippen LogP contribution in [0.1, 0.15) is 30.4 Å². The third kappa shape index (κ3) is 2.66. The van der Waals surface area contributed by atoms with Crippen molar-refractivity contribution < 1.29 is 4.79 Å². The second-order valence-electron chi connectivity index (χ2n) is 5.83. The zero-order valence-corrected chi connectivity index (χ0v) is 11.6. The molecule has 1 N–H and O–H groups in total. The van der Waals surface area contributed by atoms with Crippen molar-refractivity contribution in [3.8, 4) is 0 Å². The summed E-state index contributed by atoms with van der Waals surface area (Å²) < 4.78 is 0. The normalized spacial score (nSPS) is 23.3. The number of rotatable bonds is 2. The van der Waals surface area contributed by atoms with Crippen molar-refractivity contribution in [2.75, 3.05) is 25.0 Å². The maximum atomic E-state index is 11.8. The monoisotopic (exact) mass is 258 g/mol. The Morgan fingerprint density at radius 3 is 3.05 bits per heavy atom. The Balaban J connectivity index is 1.78. The zero-order valence-electron chi connectivity index (χ0n) is 11.6. The molecule has 0 aliphatic carbocycles. The molecule has 0 bridgehead atoms. The van der Waals surface area contributed by atoms with Gasteiger partial charge in [-0.3, -0.25) is 4.79 Å². The van der Waals surface area contributed by atoms with Gasteiger partial charge >= 0.3 is 0 Å². The lowest BCUT2D eigenvalue weighted by atomic mass is 9.90. The molecule has 19 heavy (non-hydrogen) atoms. The molecular weight excluding hydrogens is 236 g/mol. The number of nitrogens with zero attached hydrogens (tertiary/aromatic N) is 1. The molecule has 0 aromatic heterocycles. The maximum Gasteiger partial charge on any atom is 0.227 e. The van der Waals surface area contributed by atoms with Gasteiger partial charge in [0.1, 0.15) is 0 Å². The van der Waals surface area contributed by atoms with E-state index in [-0.39, 0.29) is 5.91 Å². The summed E-state index contributed by atoms with van der Waals surface area (Å²) in [5, 5.41) is 3.47. The Hall–Kier alpha value is -1.35. The van der Waals surface area contributed by atoms with E-state index < -0.39 is 0 Å². The fourth-order valence-corrected chi connectivity index (χ4v) is 3.24. The summed E-state index contributed by atoms with van der Waals surface area (Å²) in [6, 6.07) is 6.68. The van der Waals surface area contributed by atoms with Crippen molar-refractivity contribution in [2.24, 2.45) is 5.92 Å². The van der Waals surface area contributed by atoms with Crippen molar-refractivity contribution in [1.29, 1.82) is 0 Å². The van der Waals surface area contributed by atoms with Gasteiger partial charge in [0.05, 0.1) is 0 Å². The van der Waals surface area contributed by atoms with Gasteiger partial charge < -0.3 is 10.2 Å². The molecule has 1 aromatic rings. The highest BCUT2D eigenvalue weighted by atomic mass is 16.2. The third-order valence-electron chi connectivity index (χ3n) is 4.42. The first-order chi connectivity index (χ1) is 9.24. The van der Waals surface area contributed by atoms with E-state index in [1.54, 1.807) is 0 Å². The van der Waals surface area contributed by atoms with Gasteiger partial charge in [-0.2, -0.15) is 0 Å². The van der Waals surface area contributed by atoms with Crippen LogP contribution >= 0.6 is 0 Å². The highest BCUT2D eigenvalue weighted by molar-refractivity contribution is 5.95. The molecule has 1 unspecified atom stereocenters. The Morgan fingerprint density at radius 1 is 1.37 bits per heavy atom. The number of benzene rings is 1. The predicted octanol–water partition coefficient (Wildman–Crippen LogP) is 2.14. The van der Waals surface area contributed by atoms with Gasteiger partial charge in [0.2, 0.25) is 5.91 Å². The number of nitrogens with one attached hydrogen (secondary N) is 1. The molecule has 1 fully saturated rings. The topological polar surface area (TPSA) is 32.3 Å². The number of hydrogen-bond donors (Lipinski definition) is 1. The van der Waals surface area contributed by atoms with Crippen molar-refractivity contribution in [3.63, 3.8) is 0 Å². The molecule has 3 rings (SSSR count). The maximum absolute atomic E-state index is 11.8. The number of anilines is 1. The Morgan fingerprint density at radius 2 is 2.26 bits per heavy atom. The number of amides is 1. The fourth-order valence-electron chi connectivity index (χ4n) is 3.24. The molecule has 1 amide bonds. The first kappa shape index (κ1) is 12.7. The molecule has 0 radical (unpaired) electrons. The number of carbonyl (C=O) groups is 1. The van der Waals surface area contributed by atoms with Crippen molar-refractivity contribution in [3.05, 3.63) is 29.3 Å². The second-order valence-corrected chi connectivity index (χ2v) is 5.83. The van der Waals surface area contributed by atoms with Crippen LogP contribution in [0, 0.1) is 5.92 Å². The lowest BCUT2D eigenvalue weighted by Gasteiger charge is -2.27. The summed E-state index contributed by atoms with van der Waals surface area (Å²) in [5.74, 6) is 0.986. The summed E-state index contributed by atoms with van der Waals surface area (Å²) in [7, 11) is 1.90. The molecule has 1 atom stereocenters. The Bertz CT molecular complexity index is 478. The van der Waals surface area contributed by atoms with E-state index >= 15 is 0 Å². The lowest BCUT2D eigenvalue weighted by Crippen LogP contribution is -2.32. The van der Waals surface area contributed by atoms with Crippen LogP contribution in [0.5, 0.6) is 0 Å². The van der Waals surface area contributed by atoms with E-state index in [4.69, 9.17) is 0 Å². The van der Waals surface area contributed by atoms with Crippen molar-refractivity contribution >= 4 is 11.6 Å². The van der Waals surface area contributed by atoms with E-state index in [0.29, 0.717) is 6.42 Å². The van der Waals surface area contributed by atoms with E-state index in [1.807, 2.05) is 11.9 Å². The van der Waals surface area contributed by atoms with E-state index in [1.165, 1.54) is 24.0 Å². The fraction of sp³-hybridized carbons (Fsp3) is 0.562. The van der Waals surface area contributed by atoms with Crippen LogP contribution in [-0.4, -0.2) is 26.0 Å². The summed E-state index contributed by atoms with van der Waals surface area (Å²) in [6.07, 6.45) is 5.27. The smallest absolute Gasteiger partial charge is 0.227 e. The van der Waals surface area contributed by atoms with E-state index in [2.05, 4.69) is 23.5 Å². The van der Waals surface area contributed by atoms with Gasteiger partial charge in [0.25, 0.3) is 0 Å². The summed E-state index contributed by atoms with van der Waals surface area (Å²) in [6.45, 7) is 2.30. The van der Waals surface area contributed by atoms with Crippen LogP contribution in [0.4, 0.5) is 5.69 Å². The summed E-state index contributed by atoms with van der Waals surface area (Å²) in [5.41, 5.74) is 3.80. The number of fused-ring (bicyclic) bond motifs is 1. The lowest BCUT2D eigenvalue weighted by molar-refractivity contribution is -0.118. The van der Waals surface area contributed by atoms with Gasteiger partial charge in [-0.25, -0.2) is 0 Å². The van der Waals surface area contributed by atoms with Crippen LogP contribution < -0.4 is 10.2 Å². The van der Waals surface area contributed by atoms with Crippen LogP contribution in [0.3, 0.4) is 0 Å². The molecule has 0 saturated carbocycles. The van der Waals surface area contributed by atoms with Gasteiger partial charge in [0.15, 0.2) is 0 Å². The Kier molecular flexibility index (Phi) is 3.56. The zero-order chi connectivity index (χ0) is 13.2. The van der Waals surface area contributed by atoms with Crippen molar-refractivity contribution in [1.82, 2.24) is 5.32 Å². The van der Waals surface area contributed by atoms with Gasteiger partial charge in [-0.15, -0.1) is 0 Å². The van der Waals surface area contributed by atoms with Crippen molar-refractivity contribution in [2.45, 2.75) is 32.1 Å². The molecule has 3 nitrogen and oxygen atoms in total. The van der Waals surface area contributed by atoms with Crippen LogP contribution in [0.25, 0.3) is 0 Å². The number of hydrogen-bond acceptors (Lipinski definition) is 2. The SMILES string of the molecule is CN1C(=O)CCc2ccc(CC3CCCNC3)cc21. The predicted molar refractivity (Wildman–Crippen MR) is 77.5 cm³/mol. The van der Waals surface area contributed by atoms with Gasteiger partial charge in [-0.1, -0.05) is 12.1 Å².